The van der Waals surface area contributed by atoms with E-state index in [1.54, 1.807) is 64.8 Å². The van der Waals surface area contributed by atoms with Crippen molar-refractivity contribution in [3.8, 4) is 23.0 Å². The van der Waals surface area contributed by atoms with E-state index in [4.69, 9.17) is 34.6 Å². The summed E-state index contributed by atoms with van der Waals surface area (Å²) in [6.07, 6.45) is -0.684. The van der Waals surface area contributed by atoms with Gasteiger partial charge in [0.05, 0.1) is 28.4 Å². The van der Waals surface area contributed by atoms with Crippen molar-refractivity contribution >= 4 is 35.5 Å². The van der Waals surface area contributed by atoms with Crippen LogP contribution in [-0.2, 0) is 9.59 Å². The second kappa shape index (κ2) is 15.5. The first-order valence-electron chi connectivity index (χ1n) is 13.7. The Morgan fingerprint density at radius 3 is 1.57 bits per heavy atom. The number of nitrogens with one attached hydrogen (secondary N) is 1. The van der Waals surface area contributed by atoms with Crippen LogP contribution in [0.3, 0.4) is 0 Å². The zero-order valence-electron chi connectivity index (χ0n) is 25.4. The Morgan fingerprint density at radius 2 is 1.20 bits per heavy atom. The molecular formula is C33H33F3N2O8. The van der Waals surface area contributed by atoms with Crippen molar-refractivity contribution in [3.05, 3.63) is 88.5 Å². The van der Waals surface area contributed by atoms with Gasteiger partial charge in [0.25, 0.3) is 5.91 Å². The second-order valence-electron chi connectivity index (χ2n) is 9.90. The fourth-order valence-corrected chi connectivity index (χ4v) is 4.54. The minimum atomic E-state index is -5.08. The normalized spacial score (nSPS) is 16.2. The summed E-state index contributed by atoms with van der Waals surface area (Å²) in [6.45, 7) is 0. The Kier molecular flexibility index (Phi) is 11.8. The van der Waals surface area contributed by atoms with Gasteiger partial charge in [0, 0.05) is 28.4 Å². The van der Waals surface area contributed by atoms with Crippen LogP contribution >= 0.6 is 0 Å². The van der Waals surface area contributed by atoms with Gasteiger partial charge in [-0.15, -0.1) is 0 Å². The number of Topliss-reactive ketones (excluding diaryl/α,β-unsaturated/α-hetero) is 1. The van der Waals surface area contributed by atoms with Gasteiger partial charge in [-0.05, 0) is 84.7 Å². The first-order chi connectivity index (χ1) is 21.8. The van der Waals surface area contributed by atoms with E-state index in [2.05, 4.69) is 5.32 Å². The fourth-order valence-electron chi connectivity index (χ4n) is 4.54. The molecule has 1 fully saturated rings. The molecule has 4 N–H and O–H groups in total. The standard InChI is InChI=1S/C31H32N2O6.C2HF3O2/c1-36-26-11-5-19(15-28(26)38-3)13-22-17-25(33-31(35)21-7-9-24(32)10-8-21)18-23(30(22)34)14-20-6-12-27(37-2)29(16-20)39-4;3-2(4,5)1(6)7/h5-16,25H,17-18,32H2,1-4H3,(H,33,35);(H,6,7)/b22-13+,23-14+;. The van der Waals surface area contributed by atoms with Crippen LogP contribution in [0.15, 0.2) is 71.8 Å². The van der Waals surface area contributed by atoms with Crippen molar-refractivity contribution in [2.75, 3.05) is 34.2 Å². The number of nitrogen functional groups attached to an aromatic ring is 1. The molecule has 13 heteroatoms. The largest absolute Gasteiger partial charge is 0.493 e. The highest BCUT2D eigenvalue weighted by atomic mass is 19.4. The van der Waals surface area contributed by atoms with Gasteiger partial charge in [-0.3, -0.25) is 9.59 Å². The van der Waals surface area contributed by atoms with Crippen molar-refractivity contribution in [3.63, 3.8) is 0 Å². The van der Waals surface area contributed by atoms with Crippen LogP contribution in [0.1, 0.15) is 34.3 Å². The summed E-state index contributed by atoms with van der Waals surface area (Å²) in [7, 11) is 6.26. The number of aliphatic carboxylic acids is 1. The van der Waals surface area contributed by atoms with E-state index >= 15 is 0 Å². The number of carboxylic acid groups (broad SMARTS) is 1. The van der Waals surface area contributed by atoms with Crippen LogP contribution in [-0.4, -0.2) is 63.4 Å². The van der Waals surface area contributed by atoms with E-state index in [0.29, 0.717) is 58.2 Å². The molecule has 0 spiro atoms. The zero-order valence-corrected chi connectivity index (χ0v) is 25.4. The van der Waals surface area contributed by atoms with Crippen LogP contribution in [0.5, 0.6) is 23.0 Å². The minimum absolute atomic E-state index is 0.0856. The lowest BCUT2D eigenvalue weighted by Gasteiger charge is -2.27. The monoisotopic (exact) mass is 642 g/mol. The van der Waals surface area contributed by atoms with Crippen molar-refractivity contribution in [1.82, 2.24) is 5.32 Å². The average Bonchev–Trinajstić information content (AvgIpc) is 3.03. The van der Waals surface area contributed by atoms with Crippen LogP contribution in [0.4, 0.5) is 18.9 Å². The Hall–Kier alpha value is -5.46. The molecule has 1 aliphatic rings. The number of ether oxygens (including phenoxy) is 4. The molecule has 0 atom stereocenters. The zero-order chi connectivity index (χ0) is 34.0. The number of anilines is 1. The smallest absolute Gasteiger partial charge is 0.490 e. The Labute approximate surface area is 263 Å². The van der Waals surface area contributed by atoms with Crippen molar-refractivity contribution in [1.29, 1.82) is 0 Å². The maximum absolute atomic E-state index is 13.7. The number of hydrogen-bond acceptors (Lipinski definition) is 8. The second-order valence-corrected chi connectivity index (χ2v) is 9.90. The third kappa shape index (κ3) is 9.27. The number of carbonyl (C=O) groups is 3. The predicted molar refractivity (Wildman–Crippen MR) is 165 cm³/mol. The summed E-state index contributed by atoms with van der Waals surface area (Å²) in [5, 5.41) is 10.2. The number of benzene rings is 3. The molecule has 0 unspecified atom stereocenters. The number of halogens is 3. The molecule has 244 valence electrons. The average molecular weight is 643 g/mol. The van der Waals surface area contributed by atoms with Gasteiger partial charge in [0.2, 0.25) is 0 Å². The summed E-state index contributed by atoms with van der Waals surface area (Å²) >= 11 is 0. The van der Waals surface area contributed by atoms with Gasteiger partial charge >= 0.3 is 12.1 Å². The summed E-state index contributed by atoms with van der Waals surface area (Å²) < 4.78 is 53.3. The number of carbonyl (C=O) groups excluding carboxylic acids is 2. The lowest BCUT2D eigenvalue weighted by Crippen LogP contribution is -2.39. The predicted octanol–water partition coefficient (Wildman–Crippen LogP) is 5.57. The SMILES string of the molecule is COc1ccc(/C=C2\CC(NC(=O)c3ccc(N)cc3)C/C(=C\c3ccc(OC)c(OC)c3)C2=O)cc1OC.O=C(O)C(F)(F)F. The molecular weight excluding hydrogens is 609 g/mol. The summed E-state index contributed by atoms with van der Waals surface area (Å²) in [5.74, 6) is -0.765. The Balaban J connectivity index is 0.000000738. The van der Waals surface area contributed by atoms with Crippen LogP contribution in [0.2, 0.25) is 0 Å². The van der Waals surface area contributed by atoms with Crippen molar-refractivity contribution in [2.45, 2.75) is 25.1 Å². The number of nitrogens with two attached hydrogens (primary N) is 1. The van der Waals surface area contributed by atoms with Crippen molar-refractivity contribution in [2.24, 2.45) is 0 Å². The number of alkyl halides is 3. The summed E-state index contributed by atoms with van der Waals surface area (Å²) in [4.78, 5) is 35.6. The first kappa shape index (κ1) is 35.0. The molecule has 1 amide bonds. The number of methoxy groups -OCH3 is 4. The van der Waals surface area contributed by atoms with E-state index < -0.39 is 12.1 Å². The third-order valence-corrected chi connectivity index (χ3v) is 6.76. The minimum Gasteiger partial charge on any atom is -0.493 e. The number of hydrogen-bond donors (Lipinski definition) is 3. The lowest BCUT2D eigenvalue weighted by molar-refractivity contribution is -0.192. The van der Waals surface area contributed by atoms with Gasteiger partial charge < -0.3 is 35.1 Å². The number of amides is 1. The van der Waals surface area contributed by atoms with Crippen LogP contribution < -0.4 is 30.0 Å². The highest BCUT2D eigenvalue weighted by Crippen LogP contribution is 2.34. The van der Waals surface area contributed by atoms with Crippen LogP contribution in [0.25, 0.3) is 12.2 Å². The van der Waals surface area contributed by atoms with E-state index in [-0.39, 0.29) is 17.7 Å². The topological polar surface area (TPSA) is 146 Å². The van der Waals surface area contributed by atoms with Gasteiger partial charge in [-0.25, -0.2) is 4.79 Å². The quantitative estimate of drug-likeness (QED) is 0.212. The van der Waals surface area contributed by atoms with E-state index in [1.165, 1.54) is 0 Å². The maximum Gasteiger partial charge on any atom is 0.490 e. The molecule has 3 aromatic carbocycles. The van der Waals surface area contributed by atoms with Gasteiger partial charge in [-0.1, -0.05) is 12.1 Å². The molecule has 4 rings (SSSR count). The third-order valence-electron chi connectivity index (χ3n) is 6.76. The molecule has 1 saturated carbocycles. The van der Waals surface area contributed by atoms with E-state index in [9.17, 15) is 22.8 Å². The van der Waals surface area contributed by atoms with Crippen LogP contribution in [0, 0.1) is 0 Å². The fraction of sp³-hybridized carbons (Fsp3) is 0.242. The number of carboxylic acids is 1. The molecule has 0 aliphatic heterocycles. The molecule has 0 radical (unpaired) electrons. The van der Waals surface area contributed by atoms with E-state index in [1.807, 2.05) is 36.4 Å². The molecule has 46 heavy (non-hydrogen) atoms. The molecule has 0 saturated heterocycles. The number of rotatable bonds is 8. The number of ketones is 1. The lowest BCUT2D eigenvalue weighted by atomic mass is 9.83. The van der Waals surface area contributed by atoms with Gasteiger partial charge in [-0.2, -0.15) is 13.2 Å². The highest BCUT2D eigenvalue weighted by Gasteiger charge is 2.38. The van der Waals surface area contributed by atoms with E-state index in [0.717, 1.165) is 11.1 Å². The van der Waals surface area contributed by atoms with Crippen molar-refractivity contribution < 1.29 is 51.6 Å². The maximum atomic E-state index is 13.7. The summed E-state index contributed by atoms with van der Waals surface area (Å²) in [5.41, 5.74) is 9.56. The van der Waals surface area contributed by atoms with Gasteiger partial charge in [0.1, 0.15) is 0 Å². The highest BCUT2D eigenvalue weighted by molar-refractivity contribution is 6.14. The first-order valence-corrected chi connectivity index (χ1v) is 13.7. The Bertz CT molecular complexity index is 1560. The molecule has 0 aromatic heterocycles. The molecule has 0 bridgehead atoms. The molecule has 0 heterocycles. The molecule has 1 aliphatic carbocycles. The molecule has 3 aromatic rings. The molecule has 10 nitrogen and oxygen atoms in total. The van der Waals surface area contributed by atoms with Gasteiger partial charge in [0.15, 0.2) is 28.8 Å². The Morgan fingerprint density at radius 1 is 0.783 bits per heavy atom. The summed E-state index contributed by atoms with van der Waals surface area (Å²) in [6, 6.07) is 17.4.